The van der Waals surface area contributed by atoms with Gasteiger partial charge in [0.2, 0.25) is 5.91 Å². The highest BCUT2D eigenvalue weighted by molar-refractivity contribution is 6.30. The quantitative estimate of drug-likeness (QED) is 0.878. The van der Waals surface area contributed by atoms with Crippen LogP contribution in [0.4, 0.5) is 5.69 Å². The summed E-state index contributed by atoms with van der Waals surface area (Å²) < 4.78 is 0. The molecule has 0 aliphatic carbocycles. The van der Waals surface area contributed by atoms with Crippen molar-refractivity contribution in [2.45, 2.75) is 19.9 Å². The second-order valence-corrected chi connectivity index (χ2v) is 5.51. The number of carbonyl (C=O) groups is 1. The number of hydrogen-bond acceptors (Lipinski definition) is 2. The minimum absolute atomic E-state index is 0.0863. The van der Waals surface area contributed by atoms with Crippen LogP contribution in [0.5, 0.6) is 0 Å². The zero-order valence-corrected chi connectivity index (χ0v) is 12.9. The van der Waals surface area contributed by atoms with Crippen LogP contribution in [0.3, 0.4) is 0 Å². The molecule has 0 aliphatic rings. The molecule has 0 spiro atoms. The number of halogens is 1. The molecule has 0 heterocycles. The van der Waals surface area contributed by atoms with Crippen LogP contribution in [-0.2, 0) is 4.79 Å². The van der Waals surface area contributed by atoms with Crippen molar-refractivity contribution in [3.8, 4) is 0 Å². The van der Waals surface area contributed by atoms with E-state index in [0.29, 0.717) is 10.7 Å². The highest BCUT2D eigenvalue weighted by Gasteiger charge is 2.08. The molecule has 0 fully saturated rings. The molecule has 2 aromatic rings. The van der Waals surface area contributed by atoms with Crippen molar-refractivity contribution in [2.24, 2.45) is 0 Å². The Kier molecular flexibility index (Phi) is 5.37. The molecule has 110 valence electrons. The fourth-order valence-electron chi connectivity index (χ4n) is 2.07. The van der Waals surface area contributed by atoms with Crippen LogP contribution in [0.2, 0.25) is 5.02 Å². The van der Waals surface area contributed by atoms with Gasteiger partial charge in [-0.25, -0.2) is 0 Å². The maximum absolute atomic E-state index is 11.9. The molecule has 0 unspecified atom stereocenters. The summed E-state index contributed by atoms with van der Waals surface area (Å²) in [7, 11) is 0. The zero-order valence-electron chi connectivity index (χ0n) is 12.2. The Hall–Kier alpha value is -1.84. The molecule has 3 nitrogen and oxygen atoms in total. The van der Waals surface area contributed by atoms with Crippen molar-refractivity contribution >= 4 is 23.2 Å². The molecule has 1 amide bonds. The van der Waals surface area contributed by atoms with Crippen molar-refractivity contribution in [3.63, 3.8) is 0 Å². The van der Waals surface area contributed by atoms with Gasteiger partial charge >= 0.3 is 0 Å². The Morgan fingerprint density at radius 3 is 2.67 bits per heavy atom. The van der Waals surface area contributed by atoms with Gasteiger partial charge in [-0.05, 0) is 37.6 Å². The van der Waals surface area contributed by atoms with Crippen molar-refractivity contribution in [1.82, 2.24) is 5.32 Å². The molecule has 2 rings (SSSR count). The summed E-state index contributed by atoms with van der Waals surface area (Å²) in [5, 5.41) is 6.64. The molecule has 2 N–H and O–H groups in total. The summed E-state index contributed by atoms with van der Waals surface area (Å²) in [6.45, 7) is 4.35. The van der Waals surface area contributed by atoms with Crippen LogP contribution in [0.25, 0.3) is 0 Å². The van der Waals surface area contributed by atoms with Gasteiger partial charge in [-0.3, -0.25) is 4.79 Å². The van der Waals surface area contributed by atoms with Crippen LogP contribution in [0.1, 0.15) is 24.1 Å². The van der Waals surface area contributed by atoms with E-state index in [1.54, 1.807) is 18.2 Å². The summed E-state index contributed by atoms with van der Waals surface area (Å²) in [5.41, 5.74) is 3.09. The second kappa shape index (κ2) is 7.25. The Balaban J connectivity index is 1.86. The lowest BCUT2D eigenvalue weighted by Gasteiger charge is -2.14. The van der Waals surface area contributed by atoms with Gasteiger partial charge in [-0.2, -0.15) is 0 Å². The lowest BCUT2D eigenvalue weighted by atomic mass is 10.1. The zero-order chi connectivity index (χ0) is 15.2. The molecule has 2 aromatic carbocycles. The molecule has 0 radical (unpaired) electrons. The second-order valence-electron chi connectivity index (χ2n) is 5.08. The van der Waals surface area contributed by atoms with Gasteiger partial charge < -0.3 is 10.6 Å². The Labute approximate surface area is 130 Å². The van der Waals surface area contributed by atoms with Gasteiger partial charge in [0, 0.05) is 16.8 Å². The predicted octanol–water partition coefficient (Wildman–Crippen LogP) is 3.94. The molecule has 0 saturated heterocycles. The average Bonchev–Trinajstić information content (AvgIpc) is 2.45. The van der Waals surface area contributed by atoms with Gasteiger partial charge in [0.1, 0.15) is 0 Å². The third-order valence-electron chi connectivity index (χ3n) is 3.22. The fraction of sp³-hybridized carbons (Fsp3) is 0.235. The molecule has 1 atom stereocenters. The standard InChI is InChI=1S/C17H19ClN2O/c1-12-5-3-6-14(9-12)13(2)19-11-17(21)20-16-8-4-7-15(18)10-16/h3-10,13,19H,11H2,1-2H3,(H,20,21)/t13-/m1/s1. The first-order valence-electron chi connectivity index (χ1n) is 6.90. The van der Waals surface area contributed by atoms with Gasteiger partial charge in [0.05, 0.1) is 6.54 Å². The monoisotopic (exact) mass is 302 g/mol. The third kappa shape index (κ3) is 4.88. The summed E-state index contributed by atoms with van der Waals surface area (Å²) in [5.74, 6) is -0.0863. The topological polar surface area (TPSA) is 41.1 Å². The third-order valence-corrected chi connectivity index (χ3v) is 3.45. The first-order valence-corrected chi connectivity index (χ1v) is 7.28. The first kappa shape index (κ1) is 15.5. The summed E-state index contributed by atoms with van der Waals surface area (Å²) in [6, 6.07) is 15.5. The Morgan fingerprint density at radius 2 is 1.95 bits per heavy atom. The number of benzene rings is 2. The average molecular weight is 303 g/mol. The molecule has 0 bridgehead atoms. The molecular formula is C17H19ClN2O. The minimum atomic E-state index is -0.0863. The van der Waals surface area contributed by atoms with E-state index >= 15 is 0 Å². The number of hydrogen-bond donors (Lipinski definition) is 2. The molecule has 21 heavy (non-hydrogen) atoms. The smallest absolute Gasteiger partial charge is 0.238 e. The van der Waals surface area contributed by atoms with E-state index in [9.17, 15) is 4.79 Å². The van der Waals surface area contributed by atoms with Crippen LogP contribution in [-0.4, -0.2) is 12.5 Å². The van der Waals surface area contributed by atoms with Gasteiger partial charge in [-0.1, -0.05) is 47.5 Å². The van der Waals surface area contributed by atoms with E-state index in [4.69, 9.17) is 11.6 Å². The lowest BCUT2D eigenvalue weighted by Crippen LogP contribution is -2.30. The van der Waals surface area contributed by atoms with Gasteiger partial charge in [0.25, 0.3) is 0 Å². The fourth-order valence-corrected chi connectivity index (χ4v) is 2.26. The first-order chi connectivity index (χ1) is 10.0. The largest absolute Gasteiger partial charge is 0.325 e. The van der Waals surface area contributed by atoms with Crippen LogP contribution in [0.15, 0.2) is 48.5 Å². The number of anilines is 1. The number of amides is 1. The maximum atomic E-state index is 11.9. The predicted molar refractivity (Wildman–Crippen MR) is 87.7 cm³/mol. The van der Waals surface area contributed by atoms with E-state index in [1.807, 2.05) is 19.1 Å². The van der Waals surface area contributed by atoms with Gasteiger partial charge in [-0.15, -0.1) is 0 Å². The van der Waals surface area contributed by atoms with E-state index in [2.05, 4.69) is 35.8 Å². The van der Waals surface area contributed by atoms with Crippen LogP contribution < -0.4 is 10.6 Å². The molecule has 0 aliphatic heterocycles. The molecule has 0 saturated carbocycles. The highest BCUT2D eigenvalue weighted by atomic mass is 35.5. The lowest BCUT2D eigenvalue weighted by molar-refractivity contribution is -0.115. The van der Waals surface area contributed by atoms with E-state index in [0.717, 1.165) is 0 Å². The Morgan fingerprint density at radius 1 is 1.19 bits per heavy atom. The van der Waals surface area contributed by atoms with Crippen molar-refractivity contribution < 1.29 is 4.79 Å². The normalized spacial score (nSPS) is 12.0. The van der Waals surface area contributed by atoms with Crippen molar-refractivity contribution in [2.75, 3.05) is 11.9 Å². The summed E-state index contributed by atoms with van der Waals surface area (Å²) in [4.78, 5) is 11.9. The van der Waals surface area contributed by atoms with Crippen molar-refractivity contribution in [1.29, 1.82) is 0 Å². The molecule has 4 heteroatoms. The van der Waals surface area contributed by atoms with Crippen molar-refractivity contribution in [3.05, 3.63) is 64.7 Å². The number of carbonyl (C=O) groups excluding carboxylic acids is 1. The van der Waals surface area contributed by atoms with E-state index < -0.39 is 0 Å². The van der Waals surface area contributed by atoms with Gasteiger partial charge in [0.15, 0.2) is 0 Å². The maximum Gasteiger partial charge on any atom is 0.238 e. The highest BCUT2D eigenvalue weighted by Crippen LogP contribution is 2.15. The van der Waals surface area contributed by atoms with E-state index in [1.165, 1.54) is 11.1 Å². The summed E-state index contributed by atoms with van der Waals surface area (Å²) in [6.07, 6.45) is 0. The Bertz CT molecular complexity index is 628. The van der Waals surface area contributed by atoms with Crippen LogP contribution in [0, 0.1) is 6.92 Å². The minimum Gasteiger partial charge on any atom is -0.325 e. The number of nitrogens with one attached hydrogen (secondary N) is 2. The molecular weight excluding hydrogens is 284 g/mol. The van der Waals surface area contributed by atoms with E-state index in [-0.39, 0.29) is 18.5 Å². The molecule has 0 aromatic heterocycles. The SMILES string of the molecule is Cc1cccc([C@@H](C)NCC(=O)Nc2cccc(Cl)c2)c1. The number of aryl methyl sites for hydroxylation is 1. The summed E-state index contributed by atoms with van der Waals surface area (Å²) >= 11 is 5.88. The number of rotatable bonds is 5. The van der Waals surface area contributed by atoms with Crippen LogP contribution >= 0.6 is 11.6 Å².